The molecule has 0 radical (unpaired) electrons. The summed E-state index contributed by atoms with van der Waals surface area (Å²) in [6, 6.07) is 4.91. The van der Waals surface area contributed by atoms with Crippen molar-refractivity contribution in [1.82, 2.24) is 10.3 Å². The van der Waals surface area contributed by atoms with E-state index in [1.807, 2.05) is 6.20 Å². The Morgan fingerprint density at radius 3 is 2.95 bits per heavy atom. The van der Waals surface area contributed by atoms with Gasteiger partial charge in [0.2, 0.25) is 0 Å². The summed E-state index contributed by atoms with van der Waals surface area (Å²) in [5.74, 6) is 0.383. The minimum absolute atomic E-state index is 0.237. The second-order valence-corrected chi connectivity index (χ2v) is 6.81. The van der Waals surface area contributed by atoms with E-state index in [2.05, 4.69) is 40.1 Å². The molecular weight excluding hydrogens is 327 g/mol. The van der Waals surface area contributed by atoms with Crippen LogP contribution in [0, 0.1) is 11.7 Å². The van der Waals surface area contributed by atoms with Crippen LogP contribution < -0.4 is 5.32 Å². The highest BCUT2D eigenvalue weighted by Gasteiger charge is 2.10. The molecule has 1 heterocycles. The molecule has 2 aromatic rings. The van der Waals surface area contributed by atoms with Gasteiger partial charge in [-0.3, -0.25) is 0 Å². The van der Waals surface area contributed by atoms with Crippen LogP contribution in [0.25, 0.3) is 10.6 Å². The number of nitrogens with one attached hydrogen (secondary N) is 1. The van der Waals surface area contributed by atoms with Crippen LogP contribution in [0.1, 0.15) is 18.7 Å². The molecule has 0 bridgehead atoms. The molecule has 1 aromatic heterocycles. The normalized spacial score (nSPS) is 11.2. The number of hydrogen-bond donors (Lipinski definition) is 1. The fourth-order valence-electron chi connectivity index (χ4n) is 1.66. The van der Waals surface area contributed by atoms with Crippen LogP contribution in [0.3, 0.4) is 0 Å². The zero-order valence-electron chi connectivity index (χ0n) is 10.9. The maximum absolute atomic E-state index is 13.8. The van der Waals surface area contributed by atoms with Crippen LogP contribution in [-0.4, -0.2) is 11.5 Å². The number of benzene rings is 1. The first-order valence-electron chi connectivity index (χ1n) is 6.17. The molecule has 0 saturated carbocycles. The highest BCUT2D eigenvalue weighted by molar-refractivity contribution is 9.10. The van der Waals surface area contributed by atoms with Gasteiger partial charge in [0.1, 0.15) is 10.8 Å². The van der Waals surface area contributed by atoms with Crippen molar-refractivity contribution in [2.24, 2.45) is 5.92 Å². The quantitative estimate of drug-likeness (QED) is 0.867. The molecule has 0 fully saturated rings. The lowest BCUT2D eigenvalue weighted by atomic mass is 10.2. The van der Waals surface area contributed by atoms with E-state index >= 15 is 0 Å². The Morgan fingerprint density at radius 1 is 1.42 bits per heavy atom. The number of thiazole rings is 1. The lowest BCUT2D eigenvalue weighted by Crippen LogP contribution is -2.18. The molecule has 1 aromatic carbocycles. The van der Waals surface area contributed by atoms with Crippen molar-refractivity contribution in [3.05, 3.63) is 39.6 Å². The summed E-state index contributed by atoms with van der Waals surface area (Å²) >= 11 is 4.88. The fourth-order valence-corrected chi connectivity index (χ4v) is 2.92. The molecule has 19 heavy (non-hydrogen) atoms. The van der Waals surface area contributed by atoms with Gasteiger partial charge >= 0.3 is 0 Å². The van der Waals surface area contributed by atoms with Gasteiger partial charge in [-0.1, -0.05) is 29.8 Å². The molecule has 2 nitrogen and oxygen atoms in total. The smallest absolute Gasteiger partial charge is 0.133 e. The number of halogens is 2. The molecule has 1 N–H and O–H groups in total. The Kier molecular flexibility index (Phi) is 5.07. The number of hydrogen-bond acceptors (Lipinski definition) is 3. The molecule has 0 amide bonds. The van der Waals surface area contributed by atoms with E-state index in [4.69, 9.17) is 0 Å². The van der Waals surface area contributed by atoms with E-state index in [1.165, 1.54) is 17.4 Å². The highest BCUT2D eigenvalue weighted by Crippen LogP contribution is 2.29. The fraction of sp³-hybridized carbons (Fsp3) is 0.357. The summed E-state index contributed by atoms with van der Waals surface area (Å²) in [6.45, 7) is 6.09. The number of aromatic nitrogens is 1. The summed E-state index contributed by atoms with van der Waals surface area (Å²) < 4.78 is 14.6. The summed E-state index contributed by atoms with van der Waals surface area (Å²) in [4.78, 5) is 5.42. The van der Waals surface area contributed by atoms with Gasteiger partial charge in [0.15, 0.2) is 0 Å². The summed E-state index contributed by atoms with van der Waals surface area (Å²) in [5, 5.41) is 4.08. The molecule has 0 aliphatic rings. The molecule has 0 atom stereocenters. The molecule has 0 unspecified atom stereocenters. The summed E-state index contributed by atoms with van der Waals surface area (Å²) in [5.41, 5.74) is 0.550. The maximum Gasteiger partial charge on any atom is 0.133 e. The Labute approximate surface area is 125 Å². The van der Waals surface area contributed by atoms with Crippen molar-refractivity contribution in [3.63, 3.8) is 0 Å². The van der Waals surface area contributed by atoms with Gasteiger partial charge in [-0.15, -0.1) is 11.3 Å². The second-order valence-electron chi connectivity index (χ2n) is 4.78. The lowest BCUT2D eigenvalue weighted by Gasteiger charge is -2.04. The van der Waals surface area contributed by atoms with E-state index in [9.17, 15) is 4.39 Å². The molecule has 5 heteroatoms. The minimum atomic E-state index is -0.237. The van der Waals surface area contributed by atoms with Gasteiger partial charge in [-0.05, 0) is 30.7 Å². The second kappa shape index (κ2) is 6.59. The Morgan fingerprint density at radius 2 is 2.21 bits per heavy atom. The summed E-state index contributed by atoms with van der Waals surface area (Å²) in [7, 11) is 0. The Bertz CT molecular complexity index is 554. The zero-order valence-corrected chi connectivity index (χ0v) is 13.3. The van der Waals surface area contributed by atoms with E-state index < -0.39 is 0 Å². The molecule has 0 aliphatic carbocycles. The largest absolute Gasteiger partial charge is 0.312 e. The topological polar surface area (TPSA) is 24.9 Å². The van der Waals surface area contributed by atoms with Crippen LogP contribution in [0.5, 0.6) is 0 Å². The van der Waals surface area contributed by atoms with Gasteiger partial charge in [-0.25, -0.2) is 9.37 Å². The molecule has 2 rings (SSSR count). The van der Waals surface area contributed by atoms with Crippen molar-refractivity contribution in [1.29, 1.82) is 0 Å². The van der Waals surface area contributed by atoms with Gasteiger partial charge in [0.05, 0.1) is 0 Å². The first kappa shape index (κ1) is 14.6. The van der Waals surface area contributed by atoms with E-state index in [1.54, 1.807) is 12.1 Å². The Balaban J connectivity index is 2.10. The molecular formula is C14H16BrFN2S. The van der Waals surface area contributed by atoms with Gasteiger partial charge in [0, 0.05) is 27.7 Å². The van der Waals surface area contributed by atoms with Crippen molar-refractivity contribution < 1.29 is 4.39 Å². The van der Waals surface area contributed by atoms with Gasteiger partial charge < -0.3 is 5.32 Å². The SMILES string of the molecule is CC(C)CNCc1cnc(-c2cc(Br)ccc2F)s1. The van der Waals surface area contributed by atoms with Crippen molar-refractivity contribution in [2.45, 2.75) is 20.4 Å². The third-order valence-electron chi connectivity index (χ3n) is 2.56. The van der Waals surface area contributed by atoms with Gasteiger partial charge in [0.25, 0.3) is 0 Å². The highest BCUT2D eigenvalue weighted by atomic mass is 79.9. The first-order valence-corrected chi connectivity index (χ1v) is 7.78. The third kappa shape index (κ3) is 4.09. The van der Waals surface area contributed by atoms with Crippen LogP contribution in [0.15, 0.2) is 28.9 Å². The predicted octanol–water partition coefficient (Wildman–Crippen LogP) is 4.46. The average molecular weight is 343 g/mol. The maximum atomic E-state index is 13.8. The monoisotopic (exact) mass is 342 g/mol. The molecule has 0 saturated heterocycles. The zero-order chi connectivity index (χ0) is 13.8. The molecule has 0 spiro atoms. The number of nitrogens with zero attached hydrogens (tertiary/aromatic N) is 1. The number of rotatable bonds is 5. The average Bonchev–Trinajstić information content (AvgIpc) is 2.80. The van der Waals surface area contributed by atoms with E-state index in [0.717, 1.165) is 27.4 Å². The third-order valence-corrected chi connectivity index (χ3v) is 4.09. The van der Waals surface area contributed by atoms with Gasteiger partial charge in [-0.2, -0.15) is 0 Å². The van der Waals surface area contributed by atoms with E-state index in [-0.39, 0.29) is 5.82 Å². The van der Waals surface area contributed by atoms with Crippen LogP contribution in [0.4, 0.5) is 4.39 Å². The van der Waals surface area contributed by atoms with Crippen LogP contribution >= 0.6 is 27.3 Å². The van der Waals surface area contributed by atoms with Crippen molar-refractivity contribution in [3.8, 4) is 10.6 Å². The van der Waals surface area contributed by atoms with Crippen molar-refractivity contribution in [2.75, 3.05) is 6.54 Å². The first-order chi connectivity index (χ1) is 9.06. The molecule has 0 aliphatic heterocycles. The van der Waals surface area contributed by atoms with E-state index in [0.29, 0.717) is 11.5 Å². The predicted molar refractivity (Wildman–Crippen MR) is 81.8 cm³/mol. The lowest BCUT2D eigenvalue weighted by molar-refractivity contribution is 0.554. The molecule has 102 valence electrons. The van der Waals surface area contributed by atoms with Crippen molar-refractivity contribution >= 4 is 27.3 Å². The Hall–Kier alpha value is -0.780. The minimum Gasteiger partial charge on any atom is -0.312 e. The standard InChI is InChI=1S/C14H16BrFN2S/c1-9(2)6-17-7-11-8-18-14(19-11)12-5-10(15)3-4-13(12)16/h3-5,8-9,17H,6-7H2,1-2H3. The van der Waals surface area contributed by atoms with Crippen LogP contribution in [-0.2, 0) is 6.54 Å². The van der Waals surface area contributed by atoms with Crippen LogP contribution in [0.2, 0.25) is 0 Å². The summed E-state index contributed by atoms with van der Waals surface area (Å²) in [6.07, 6.45) is 1.81.